The van der Waals surface area contributed by atoms with Gasteiger partial charge in [-0.05, 0) is 57.9 Å². The van der Waals surface area contributed by atoms with Crippen LogP contribution in [0.2, 0.25) is 0 Å². The van der Waals surface area contributed by atoms with Crippen molar-refractivity contribution in [2.24, 2.45) is 0 Å². The van der Waals surface area contributed by atoms with Gasteiger partial charge in [0.15, 0.2) is 0 Å². The molecule has 0 saturated carbocycles. The highest BCUT2D eigenvalue weighted by Gasteiger charge is 2.30. The molecule has 1 aliphatic heterocycles. The third-order valence-corrected chi connectivity index (χ3v) is 7.92. The lowest BCUT2D eigenvalue weighted by Gasteiger charge is -2.44. The van der Waals surface area contributed by atoms with Crippen LogP contribution in [-0.4, -0.2) is 76.8 Å². The van der Waals surface area contributed by atoms with E-state index in [2.05, 4.69) is 33.9 Å². The molecule has 1 aliphatic rings. The second-order valence-electron chi connectivity index (χ2n) is 10.0. The Labute approximate surface area is 218 Å². The van der Waals surface area contributed by atoms with Crippen LogP contribution in [0.3, 0.4) is 0 Å². The second-order valence-corrected chi connectivity index (χ2v) is 11.3. The smallest absolute Gasteiger partial charge is 0.225 e. The number of carbonyl (C=O) groups is 1. The predicted molar refractivity (Wildman–Crippen MR) is 147 cm³/mol. The largest absolute Gasteiger partial charge is 0.491 e. The van der Waals surface area contributed by atoms with Crippen molar-refractivity contribution in [3.8, 4) is 5.75 Å². The molecule has 3 aromatic rings. The average molecular weight is 511 g/mol. The number of para-hydroxylation sites is 1. The predicted octanol–water partition coefficient (Wildman–Crippen LogP) is 4.38. The number of nitrogens with one attached hydrogen (secondary N) is 1. The van der Waals surface area contributed by atoms with Crippen LogP contribution in [0.25, 0.3) is 10.2 Å². The van der Waals surface area contributed by atoms with E-state index < -0.39 is 6.10 Å². The summed E-state index contributed by atoms with van der Waals surface area (Å²) in [5.41, 5.74) is 4.03. The maximum Gasteiger partial charge on any atom is 0.225 e. The first-order chi connectivity index (χ1) is 17.2. The van der Waals surface area contributed by atoms with Crippen LogP contribution in [0, 0.1) is 20.8 Å². The van der Waals surface area contributed by atoms with Crippen molar-refractivity contribution in [2.75, 3.05) is 38.1 Å². The van der Waals surface area contributed by atoms with E-state index in [1.165, 1.54) is 0 Å². The summed E-state index contributed by atoms with van der Waals surface area (Å²) in [7, 11) is 0. The lowest BCUT2D eigenvalue weighted by Crippen LogP contribution is -2.58. The Kier molecular flexibility index (Phi) is 8.62. The van der Waals surface area contributed by atoms with Crippen molar-refractivity contribution < 1.29 is 14.6 Å². The Morgan fingerprint density at radius 2 is 1.83 bits per heavy atom. The van der Waals surface area contributed by atoms with Gasteiger partial charge in [0.25, 0.3) is 0 Å². The zero-order chi connectivity index (χ0) is 25.8. The topological polar surface area (TPSA) is 77.9 Å². The summed E-state index contributed by atoms with van der Waals surface area (Å²) in [5, 5.41) is 14.8. The molecule has 0 aliphatic carbocycles. The van der Waals surface area contributed by atoms with Crippen molar-refractivity contribution >= 4 is 33.1 Å². The third kappa shape index (κ3) is 6.62. The summed E-state index contributed by atoms with van der Waals surface area (Å²) >= 11 is 1.67. The van der Waals surface area contributed by atoms with Gasteiger partial charge in [0.1, 0.15) is 18.5 Å². The molecule has 2 N–H and O–H groups in total. The minimum atomic E-state index is -0.581. The lowest BCUT2D eigenvalue weighted by atomic mass is 10.1. The van der Waals surface area contributed by atoms with Crippen LogP contribution in [0.5, 0.6) is 5.75 Å². The van der Waals surface area contributed by atoms with Gasteiger partial charge >= 0.3 is 0 Å². The highest BCUT2D eigenvalue weighted by Crippen LogP contribution is 2.26. The standard InChI is InChI=1S/C28H38N4O3S/c1-18-7-6-8-19(2)28(18)30-27(34)11-12-31-14-21(4)32(15-20(31)3)16-23(33)17-35-24-9-10-26-25(13-24)29-22(5)36-26/h6-10,13,20-21,23,33H,11-12,14-17H2,1-5H3,(H,30,34). The Morgan fingerprint density at radius 3 is 2.58 bits per heavy atom. The molecular weight excluding hydrogens is 472 g/mol. The van der Waals surface area contributed by atoms with E-state index in [0.29, 0.717) is 19.0 Å². The van der Waals surface area contributed by atoms with Crippen molar-refractivity contribution in [3.63, 3.8) is 0 Å². The molecule has 3 atom stereocenters. The normalized spacial score (nSPS) is 19.9. The zero-order valence-electron chi connectivity index (χ0n) is 22.0. The van der Waals surface area contributed by atoms with Crippen LogP contribution in [0.1, 0.15) is 36.4 Å². The minimum Gasteiger partial charge on any atom is -0.491 e. The number of fused-ring (bicyclic) bond motifs is 1. The zero-order valence-corrected chi connectivity index (χ0v) is 22.8. The van der Waals surface area contributed by atoms with E-state index in [1.54, 1.807) is 11.3 Å². The van der Waals surface area contributed by atoms with Crippen LogP contribution in [0.4, 0.5) is 5.69 Å². The number of hydrogen-bond donors (Lipinski definition) is 2. The summed E-state index contributed by atoms with van der Waals surface area (Å²) in [6, 6.07) is 12.5. The fourth-order valence-electron chi connectivity index (χ4n) is 4.92. The third-order valence-electron chi connectivity index (χ3n) is 6.97. The number of aromatic nitrogens is 1. The van der Waals surface area contributed by atoms with Crippen LogP contribution < -0.4 is 10.1 Å². The number of hydrogen-bond acceptors (Lipinski definition) is 7. The first kappa shape index (κ1) is 26.5. The molecule has 4 rings (SSSR count). The minimum absolute atomic E-state index is 0.0493. The van der Waals surface area contributed by atoms with E-state index in [9.17, 15) is 9.90 Å². The molecule has 0 spiro atoms. The molecule has 1 aromatic heterocycles. The maximum atomic E-state index is 12.6. The maximum absolute atomic E-state index is 12.6. The van der Waals surface area contributed by atoms with Gasteiger partial charge in [0.2, 0.25) is 5.91 Å². The summed E-state index contributed by atoms with van der Waals surface area (Å²) < 4.78 is 7.02. The molecular formula is C28H38N4O3S. The summed E-state index contributed by atoms with van der Waals surface area (Å²) in [5.74, 6) is 0.783. The number of β-amino-alcohol motifs (C(OH)–C–C–N with tert-alkyl or cyclic N) is 1. The number of benzene rings is 2. The van der Waals surface area contributed by atoms with Gasteiger partial charge in [-0.2, -0.15) is 0 Å². The Hall–Kier alpha value is -2.52. The summed E-state index contributed by atoms with van der Waals surface area (Å²) in [4.78, 5) is 21.8. The van der Waals surface area contributed by atoms with E-state index in [1.807, 2.05) is 57.2 Å². The van der Waals surface area contributed by atoms with E-state index in [-0.39, 0.29) is 18.6 Å². The molecule has 1 fully saturated rings. The first-order valence-electron chi connectivity index (χ1n) is 12.7. The van der Waals surface area contributed by atoms with E-state index in [0.717, 1.165) is 57.4 Å². The molecule has 0 bridgehead atoms. The number of rotatable bonds is 9. The molecule has 3 unspecified atom stereocenters. The Morgan fingerprint density at radius 1 is 1.14 bits per heavy atom. The van der Waals surface area contributed by atoms with Gasteiger partial charge < -0.3 is 15.2 Å². The lowest BCUT2D eigenvalue weighted by molar-refractivity contribution is -0.116. The molecule has 36 heavy (non-hydrogen) atoms. The number of nitrogens with zero attached hydrogens (tertiary/aromatic N) is 3. The molecule has 2 aromatic carbocycles. The number of thiazole rings is 1. The number of aliphatic hydroxyl groups excluding tert-OH is 1. The Balaban J connectivity index is 1.22. The van der Waals surface area contributed by atoms with Gasteiger partial charge in [-0.25, -0.2) is 4.98 Å². The molecule has 194 valence electrons. The van der Waals surface area contributed by atoms with Crippen LogP contribution in [-0.2, 0) is 4.79 Å². The highest BCUT2D eigenvalue weighted by atomic mass is 32.1. The Bertz CT molecular complexity index is 1180. The van der Waals surface area contributed by atoms with Crippen molar-refractivity contribution in [2.45, 2.75) is 59.2 Å². The number of amides is 1. The first-order valence-corrected chi connectivity index (χ1v) is 13.5. The van der Waals surface area contributed by atoms with Gasteiger partial charge in [0.05, 0.1) is 15.2 Å². The number of piperazine rings is 1. The number of aryl methyl sites for hydroxylation is 3. The SMILES string of the molecule is Cc1nc2cc(OCC(O)CN3CC(C)N(CCC(=O)Nc4c(C)cccc4C)CC3C)ccc2s1. The molecule has 0 radical (unpaired) electrons. The fourth-order valence-corrected chi connectivity index (χ4v) is 5.73. The summed E-state index contributed by atoms with van der Waals surface area (Å²) in [6.45, 7) is 13.7. The fraction of sp³-hybridized carbons (Fsp3) is 0.500. The van der Waals surface area contributed by atoms with Crippen molar-refractivity contribution in [3.05, 3.63) is 52.5 Å². The average Bonchev–Trinajstić information content (AvgIpc) is 3.20. The second kappa shape index (κ2) is 11.7. The van der Waals surface area contributed by atoms with E-state index >= 15 is 0 Å². The monoisotopic (exact) mass is 510 g/mol. The van der Waals surface area contributed by atoms with Crippen LogP contribution >= 0.6 is 11.3 Å². The number of anilines is 1. The van der Waals surface area contributed by atoms with Crippen LogP contribution in [0.15, 0.2) is 36.4 Å². The van der Waals surface area contributed by atoms with Gasteiger partial charge in [-0.15, -0.1) is 11.3 Å². The number of aliphatic hydroxyl groups is 1. The van der Waals surface area contributed by atoms with Crippen molar-refractivity contribution in [1.29, 1.82) is 0 Å². The van der Waals surface area contributed by atoms with E-state index in [4.69, 9.17) is 4.74 Å². The molecule has 1 saturated heterocycles. The van der Waals surface area contributed by atoms with Crippen molar-refractivity contribution in [1.82, 2.24) is 14.8 Å². The highest BCUT2D eigenvalue weighted by molar-refractivity contribution is 7.18. The molecule has 8 heteroatoms. The quantitative estimate of drug-likeness (QED) is 0.445. The number of carbonyl (C=O) groups excluding carboxylic acids is 1. The molecule has 7 nitrogen and oxygen atoms in total. The van der Waals surface area contributed by atoms with Gasteiger partial charge in [-0.3, -0.25) is 14.6 Å². The summed E-state index contributed by atoms with van der Waals surface area (Å²) in [6.07, 6.45) is -0.119. The number of ether oxygens (including phenoxy) is 1. The van der Waals surface area contributed by atoms with Gasteiger partial charge in [0, 0.05) is 56.4 Å². The molecule has 1 amide bonds. The molecule has 2 heterocycles. The van der Waals surface area contributed by atoms with Gasteiger partial charge in [-0.1, -0.05) is 18.2 Å².